The third-order valence-electron chi connectivity index (χ3n) is 3.34. The van der Waals surface area contributed by atoms with Crippen LogP contribution < -0.4 is 4.72 Å². The molecule has 116 valence electrons. The van der Waals surface area contributed by atoms with Gasteiger partial charge in [-0.3, -0.25) is 0 Å². The summed E-state index contributed by atoms with van der Waals surface area (Å²) in [5.74, 6) is 0.822. The van der Waals surface area contributed by atoms with Crippen LogP contribution in [0.2, 0.25) is 0 Å². The summed E-state index contributed by atoms with van der Waals surface area (Å²) in [5, 5.41) is 8.44. The van der Waals surface area contributed by atoms with E-state index in [1.54, 1.807) is 18.5 Å². The van der Waals surface area contributed by atoms with Crippen LogP contribution in [0, 0.1) is 0 Å². The fourth-order valence-electron chi connectivity index (χ4n) is 2.15. The van der Waals surface area contributed by atoms with Crippen molar-refractivity contribution in [3.05, 3.63) is 42.5 Å². The lowest BCUT2D eigenvalue weighted by Crippen LogP contribution is -2.24. The third kappa shape index (κ3) is 3.02. The van der Waals surface area contributed by atoms with Gasteiger partial charge in [0.1, 0.15) is 17.7 Å². The molecule has 0 fully saturated rings. The molecule has 0 bridgehead atoms. The Hall–Kier alpha value is -2.19. The van der Waals surface area contributed by atoms with E-state index in [4.69, 9.17) is 4.42 Å². The quantitative estimate of drug-likeness (QED) is 0.695. The maximum atomic E-state index is 12.2. The first-order valence-corrected chi connectivity index (χ1v) is 8.36. The van der Waals surface area contributed by atoms with Crippen LogP contribution in [0.3, 0.4) is 0 Å². The molecule has 8 heteroatoms. The molecule has 0 saturated carbocycles. The second-order valence-corrected chi connectivity index (χ2v) is 6.66. The molecule has 0 aliphatic carbocycles. The first-order valence-electron chi connectivity index (χ1n) is 6.87. The van der Waals surface area contributed by atoms with Crippen LogP contribution in [0.25, 0.3) is 11.0 Å². The molecule has 1 aromatic carbocycles. The second-order valence-electron chi connectivity index (χ2n) is 4.96. The van der Waals surface area contributed by atoms with Gasteiger partial charge in [-0.25, -0.2) is 13.1 Å². The summed E-state index contributed by atoms with van der Waals surface area (Å²) in [6, 6.07) is 8.72. The number of benzene rings is 1. The van der Waals surface area contributed by atoms with E-state index in [1.165, 1.54) is 6.07 Å². The monoisotopic (exact) mass is 320 g/mol. The number of hydrogen-bond donors (Lipinski definition) is 1. The molecule has 1 N–H and O–H groups in total. The molecule has 0 saturated heterocycles. The van der Waals surface area contributed by atoms with Crippen molar-refractivity contribution in [2.75, 3.05) is 6.54 Å². The molecule has 3 aromatic rings. The minimum absolute atomic E-state index is 0.0626. The maximum absolute atomic E-state index is 12.2. The van der Waals surface area contributed by atoms with Crippen LogP contribution in [0.15, 0.2) is 46.2 Å². The first kappa shape index (κ1) is 14.7. The molecular formula is C14H16N4O3S. The SMILES string of the molecule is Cn1cnnc1CCCNS(=O)(=O)c1cc2ccccc2o1. The van der Waals surface area contributed by atoms with E-state index in [1.807, 2.05) is 23.7 Å². The van der Waals surface area contributed by atoms with Gasteiger partial charge in [-0.2, -0.15) is 0 Å². The van der Waals surface area contributed by atoms with Crippen molar-refractivity contribution in [1.82, 2.24) is 19.5 Å². The molecule has 0 unspecified atom stereocenters. The van der Waals surface area contributed by atoms with Gasteiger partial charge in [-0.15, -0.1) is 10.2 Å². The normalized spacial score (nSPS) is 12.0. The number of nitrogens with one attached hydrogen (secondary N) is 1. The van der Waals surface area contributed by atoms with E-state index in [9.17, 15) is 8.42 Å². The average Bonchev–Trinajstić information content (AvgIpc) is 3.10. The van der Waals surface area contributed by atoms with E-state index >= 15 is 0 Å². The van der Waals surface area contributed by atoms with E-state index in [0.717, 1.165) is 11.2 Å². The number of aromatic nitrogens is 3. The predicted octanol–water partition coefficient (Wildman–Crippen LogP) is 1.47. The van der Waals surface area contributed by atoms with E-state index in [-0.39, 0.29) is 5.09 Å². The highest BCUT2D eigenvalue weighted by Crippen LogP contribution is 2.22. The fourth-order valence-corrected chi connectivity index (χ4v) is 3.18. The minimum Gasteiger partial charge on any atom is -0.443 e. The Bertz CT molecular complexity index is 849. The van der Waals surface area contributed by atoms with Gasteiger partial charge in [-0.1, -0.05) is 18.2 Å². The highest BCUT2D eigenvalue weighted by atomic mass is 32.2. The molecule has 0 spiro atoms. The van der Waals surface area contributed by atoms with Gasteiger partial charge in [0.2, 0.25) is 5.09 Å². The molecule has 0 radical (unpaired) electrons. The zero-order chi connectivity index (χ0) is 15.6. The highest BCUT2D eigenvalue weighted by molar-refractivity contribution is 7.89. The molecular weight excluding hydrogens is 304 g/mol. The van der Waals surface area contributed by atoms with Crippen molar-refractivity contribution in [2.45, 2.75) is 17.9 Å². The zero-order valence-electron chi connectivity index (χ0n) is 12.1. The lowest BCUT2D eigenvalue weighted by Gasteiger charge is -2.03. The third-order valence-corrected chi connectivity index (χ3v) is 4.66. The Labute approximate surface area is 128 Å². The summed E-state index contributed by atoms with van der Waals surface area (Å²) in [6.45, 7) is 0.312. The topological polar surface area (TPSA) is 90.0 Å². The summed E-state index contributed by atoms with van der Waals surface area (Å²) < 4.78 is 34.1. The Kier molecular flexibility index (Phi) is 3.95. The Balaban J connectivity index is 1.62. The average molecular weight is 320 g/mol. The molecule has 0 amide bonds. The Morgan fingerprint density at radius 1 is 1.32 bits per heavy atom. The summed E-state index contributed by atoms with van der Waals surface area (Å²) >= 11 is 0. The van der Waals surface area contributed by atoms with Crippen LogP contribution in [0.4, 0.5) is 0 Å². The zero-order valence-corrected chi connectivity index (χ0v) is 12.9. The molecule has 22 heavy (non-hydrogen) atoms. The van der Waals surface area contributed by atoms with Gasteiger partial charge in [0.15, 0.2) is 0 Å². The van der Waals surface area contributed by atoms with Crippen LogP contribution in [-0.4, -0.2) is 29.7 Å². The number of furan rings is 1. The lowest BCUT2D eigenvalue weighted by atomic mass is 10.3. The molecule has 2 heterocycles. The van der Waals surface area contributed by atoms with E-state index in [2.05, 4.69) is 14.9 Å². The summed E-state index contributed by atoms with van der Waals surface area (Å²) in [6.07, 6.45) is 2.90. The number of para-hydroxylation sites is 1. The smallest absolute Gasteiger partial charge is 0.273 e. The minimum atomic E-state index is -3.63. The van der Waals surface area contributed by atoms with E-state index in [0.29, 0.717) is 25.0 Å². The molecule has 0 atom stereocenters. The van der Waals surface area contributed by atoms with Gasteiger partial charge in [0.25, 0.3) is 10.0 Å². The summed E-state index contributed by atoms with van der Waals surface area (Å²) in [5.41, 5.74) is 0.557. The van der Waals surface area contributed by atoms with Gasteiger partial charge < -0.3 is 8.98 Å². The van der Waals surface area contributed by atoms with Crippen molar-refractivity contribution in [2.24, 2.45) is 7.05 Å². The number of sulfonamides is 1. The number of fused-ring (bicyclic) bond motifs is 1. The summed E-state index contributed by atoms with van der Waals surface area (Å²) in [7, 11) is -1.78. The molecule has 0 aliphatic heterocycles. The molecule has 3 rings (SSSR count). The van der Waals surface area contributed by atoms with Crippen LogP contribution in [-0.2, 0) is 23.5 Å². The van der Waals surface area contributed by atoms with Crippen molar-refractivity contribution in [1.29, 1.82) is 0 Å². The number of aryl methyl sites for hydroxylation is 2. The van der Waals surface area contributed by atoms with Crippen molar-refractivity contribution in [3.8, 4) is 0 Å². The van der Waals surface area contributed by atoms with Gasteiger partial charge >= 0.3 is 0 Å². The largest absolute Gasteiger partial charge is 0.443 e. The first-order chi connectivity index (χ1) is 10.6. The Morgan fingerprint density at radius 3 is 2.86 bits per heavy atom. The lowest BCUT2D eigenvalue weighted by molar-refractivity contribution is 0.475. The number of rotatable bonds is 6. The fraction of sp³-hybridized carbons (Fsp3) is 0.286. The maximum Gasteiger partial charge on any atom is 0.273 e. The van der Waals surface area contributed by atoms with Crippen LogP contribution >= 0.6 is 0 Å². The van der Waals surface area contributed by atoms with Crippen LogP contribution in [0.5, 0.6) is 0 Å². The molecule has 0 aliphatic rings. The van der Waals surface area contributed by atoms with Crippen LogP contribution in [0.1, 0.15) is 12.2 Å². The summed E-state index contributed by atoms with van der Waals surface area (Å²) in [4.78, 5) is 0. The van der Waals surface area contributed by atoms with Crippen molar-refractivity contribution in [3.63, 3.8) is 0 Å². The molecule has 7 nitrogen and oxygen atoms in total. The van der Waals surface area contributed by atoms with Gasteiger partial charge in [0.05, 0.1) is 0 Å². The predicted molar refractivity (Wildman–Crippen MR) is 80.7 cm³/mol. The van der Waals surface area contributed by atoms with Gasteiger partial charge in [-0.05, 0) is 12.5 Å². The standard InChI is InChI=1S/C14H16N4O3S/c1-18-10-15-17-13(18)7-4-8-16-22(19,20)14-9-11-5-2-3-6-12(11)21-14/h2-3,5-6,9-10,16H,4,7-8H2,1H3. The second kappa shape index (κ2) is 5.90. The number of hydrogen-bond acceptors (Lipinski definition) is 5. The van der Waals surface area contributed by atoms with Gasteiger partial charge in [0, 0.05) is 31.5 Å². The molecule has 2 aromatic heterocycles. The number of nitrogens with zero attached hydrogens (tertiary/aromatic N) is 3. The van der Waals surface area contributed by atoms with E-state index < -0.39 is 10.0 Å². The Morgan fingerprint density at radius 2 is 2.14 bits per heavy atom. The van der Waals surface area contributed by atoms with Crippen molar-refractivity contribution < 1.29 is 12.8 Å². The highest BCUT2D eigenvalue weighted by Gasteiger charge is 2.18. The van der Waals surface area contributed by atoms with Crippen molar-refractivity contribution >= 4 is 21.0 Å².